The Bertz CT molecular complexity index is 765. The van der Waals surface area contributed by atoms with E-state index in [1.165, 1.54) is 0 Å². The Balaban J connectivity index is 1.36. The van der Waals surface area contributed by atoms with Crippen molar-refractivity contribution in [1.29, 1.82) is 0 Å². The fourth-order valence-electron chi connectivity index (χ4n) is 4.20. The number of hydrogen-bond donors (Lipinski definition) is 1. The van der Waals surface area contributed by atoms with Crippen LogP contribution in [0.15, 0.2) is 36.7 Å². The second kappa shape index (κ2) is 8.23. The summed E-state index contributed by atoms with van der Waals surface area (Å²) in [4.78, 5) is 19.5. The molecular weight excluding hydrogens is 340 g/mol. The fourth-order valence-corrected chi connectivity index (χ4v) is 4.20. The molecule has 27 heavy (non-hydrogen) atoms. The van der Waals surface area contributed by atoms with E-state index in [1.54, 1.807) is 6.20 Å². The Hall–Kier alpha value is -2.18. The maximum Gasteiger partial charge on any atom is 0.228 e. The second-order valence-corrected chi connectivity index (χ2v) is 7.56. The molecule has 3 heterocycles. The number of rotatable bonds is 4. The molecule has 1 atom stereocenters. The normalized spacial score (nSPS) is 21.9. The van der Waals surface area contributed by atoms with E-state index in [4.69, 9.17) is 4.74 Å². The molecule has 1 aromatic heterocycles. The van der Waals surface area contributed by atoms with Crippen molar-refractivity contribution in [2.75, 3.05) is 31.6 Å². The first-order valence-corrected chi connectivity index (χ1v) is 9.94. The van der Waals surface area contributed by atoms with Crippen molar-refractivity contribution in [3.63, 3.8) is 0 Å². The summed E-state index contributed by atoms with van der Waals surface area (Å²) in [6, 6.07) is 8.53. The van der Waals surface area contributed by atoms with Gasteiger partial charge in [-0.15, -0.1) is 0 Å². The molecule has 144 valence electrons. The summed E-state index contributed by atoms with van der Waals surface area (Å²) in [5.41, 5.74) is 1.90. The van der Waals surface area contributed by atoms with Crippen molar-refractivity contribution in [3.05, 3.63) is 42.5 Å². The van der Waals surface area contributed by atoms with Gasteiger partial charge in [-0.1, -0.05) is 0 Å². The number of nitrogens with zero attached hydrogens (tertiary/aromatic N) is 3. The minimum absolute atomic E-state index is 0.0668. The summed E-state index contributed by atoms with van der Waals surface area (Å²) in [5.74, 6) is 1.15. The Labute approximate surface area is 160 Å². The number of anilines is 1. The summed E-state index contributed by atoms with van der Waals surface area (Å²) in [7, 11) is 0. The summed E-state index contributed by atoms with van der Waals surface area (Å²) in [6.07, 6.45) is 7.97. The van der Waals surface area contributed by atoms with E-state index in [0.717, 1.165) is 69.2 Å². The van der Waals surface area contributed by atoms with Crippen LogP contribution < -0.4 is 5.32 Å². The van der Waals surface area contributed by atoms with Crippen LogP contribution in [0.4, 0.5) is 5.69 Å². The molecule has 0 aliphatic carbocycles. The molecule has 0 bridgehead atoms. The summed E-state index contributed by atoms with van der Waals surface area (Å²) < 4.78 is 7.50. The molecule has 1 unspecified atom stereocenters. The second-order valence-electron chi connectivity index (χ2n) is 7.56. The van der Waals surface area contributed by atoms with Crippen LogP contribution in [0.1, 0.15) is 31.5 Å². The maximum absolute atomic E-state index is 12.8. The van der Waals surface area contributed by atoms with E-state index in [2.05, 4.69) is 15.2 Å². The molecule has 6 heteroatoms. The minimum atomic E-state index is 0.0668. The van der Waals surface area contributed by atoms with Crippen molar-refractivity contribution in [3.8, 4) is 5.69 Å². The quantitative estimate of drug-likeness (QED) is 0.901. The lowest BCUT2D eigenvalue weighted by Crippen LogP contribution is -2.47. The van der Waals surface area contributed by atoms with Crippen molar-refractivity contribution in [2.24, 2.45) is 5.92 Å². The summed E-state index contributed by atoms with van der Waals surface area (Å²) in [6.45, 7) is 5.64. The number of carbonyl (C=O) groups is 1. The monoisotopic (exact) mass is 368 g/mol. The number of carbonyl (C=O) groups excluding carboxylic acids is 1. The van der Waals surface area contributed by atoms with Gasteiger partial charge in [0.05, 0.1) is 5.92 Å². The molecule has 2 aliphatic heterocycles. The third kappa shape index (κ3) is 4.22. The molecule has 0 saturated carbocycles. The third-order valence-electron chi connectivity index (χ3n) is 5.77. The van der Waals surface area contributed by atoms with E-state index in [9.17, 15) is 4.79 Å². The van der Waals surface area contributed by atoms with Gasteiger partial charge in [-0.05, 0) is 63.4 Å². The number of imidazole rings is 1. The highest BCUT2D eigenvalue weighted by molar-refractivity contribution is 5.92. The highest BCUT2D eigenvalue weighted by atomic mass is 16.5. The fraction of sp³-hybridized carbons (Fsp3) is 0.524. The number of aryl methyl sites for hydroxylation is 1. The number of benzene rings is 1. The molecule has 2 saturated heterocycles. The van der Waals surface area contributed by atoms with Crippen molar-refractivity contribution in [2.45, 2.75) is 38.6 Å². The summed E-state index contributed by atoms with van der Waals surface area (Å²) in [5, 5.41) is 3.11. The lowest BCUT2D eigenvalue weighted by atomic mass is 9.94. The number of likely N-dealkylation sites (tertiary alicyclic amines) is 1. The number of ether oxygens (including phenoxy) is 1. The Morgan fingerprint density at radius 2 is 1.96 bits per heavy atom. The van der Waals surface area contributed by atoms with E-state index in [-0.39, 0.29) is 11.8 Å². The average Bonchev–Trinajstić information content (AvgIpc) is 3.15. The molecule has 2 aromatic rings. The van der Waals surface area contributed by atoms with Crippen LogP contribution in [0.2, 0.25) is 0 Å². The van der Waals surface area contributed by atoms with Crippen LogP contribution in [0, 0.1) is 12.8 Å². The Morgan fingerprint density at radius 3 is 2.67 bits per heavy atom. The van der Waals surface area contributed by atoms with E-state index in [0.29, 0.717) is 6.04 Å². The van der Waals surface area contributed by atoms with Crippen LogP contribution in [0.25, 0.3) is 5.69 Å². The van der Waals surface area contributed by atoms with E-state index >= 15 is 0 Å². The van der Waals surface area contributed by atoms with Crippen LogP contribution in [-0.4, -0.2) is 52.7 Å². The molecule has 0 radical (unpaired) electrons. The van der Waals surface area contributed by atoms with Gasteiger partial charge in [0.1, 0.15) is 5.82 Å². The number of aromatic nitrogens is 2. The maximum atomic E-state index is 12.8. The zero-order chi connectivity index (χ0) is 18.6. The van der Waals surface area contributed by atoms with Gasteiger partial charge >= 0.3 is 0 Å². The first-order chi connectivity index (χ1) is 13.2. The number of nitrogens with one attached hydrogen (secondary N) is 1. The van der Waals surface area contributed by atoms with Gasteiger partial charge in [-0.25, -0.2) is 4.98 Å². The van der Waals surface area contributed by atoms with Gasteiger partial charge < -0.3 is 14.6 Å². The van der Waals surface area contributed by atoms with Crippen LogP contribution >= 0.6 is 0 Å². The van der Waals surface area contributed by atoms with Crippen LogP contribution in [-0.2, 0) is 9.53 Å². The lowest BCUT2D eigenvalue weighted by molar-refractivity contribution is -0.122. The van der Waals surface area contributed by atoms with Gasteiger partial charge in [0.15, 0.2) is 0 Å². The van der Waals surface area contributed by atoms with Crippen LogP contribution in [0.5, 0.6) is 0 Å². The average molecular weight is 368 g/mol. The molecule has 4 rings (SSSR count). The largest absolute Gasteiger partial charge is 0.381 e. The van der Waals surface area contributed by atoms with Gasteiger partial charge in [0, 0.05) is 49.6 Å². The Morgan fingerprint density at radius 1 is 1.19 bits per heavy atom. The predicted molar refractivity (Wildman–Crippen MR) is 105 cm³/mol. The van der Waals surface area contributed by atoms with Crippen LogP contribution in [0.3, 0.4) is 0 Å². The molecule has 0 spiro atoms. The predicted octanol–water partition coefficient (Wildman–Crippen LogP) is 3.01. The highest BCUT2D eigenvalue weighted by Crippen LogP contribution is 2.24. The SMILES string of the molecule is Cc1nccn1-c1ccc(NC(=O)C2CCCN(C3CCOCC3)C2)cc1. The van der Waals surface area contributed by atoms with Crippen molar-refractivity contribution >= 4 is 11.6 Å². The van der Waals surface area contributed by atoms with E-state index < -0.39 is 0 Å². The molecule has 1 amide bonds. The molecule has 1 aromatic carbocycles. The lowest BCUT2D eigenvalue weighted by Gasteiger charge is -2.39. The standard InChI is InChI=1S/C21H28N4O2/c1-16-22-10-12-25(16)20-6-4-18(5-7-20)23-21(26)17-3-2-11-24(15-17)19-8-13-27-14-9-19/h4-7,10,12,17,19H,2-3,8-9,11,13-15H2,1H3,(H,23,26). The Kier molecular flexibility index (Phi) is 5.55. The zero-order valence-electron chi connectivity index (χ0n) is 15.9. The molecular formula is C21H28N4O2. The zero-order valence-corrected chi connectivity index (χ0v) is 15.9. The smallest absolute Gasteiger partial charge is 0.228 e. The van der Waals surface area contributed by atoms with Gasteiger partial charge in [-0.3, -0.25) is 9.69 Å². The first-order valence-electron chi connectivity index (χ1n) is 9.94. The first kappa shape index (κ1) is 18.2. The van der Waals surface area contributed by atoms with Gasteiger partial charge in [0.25, 0.3) is 0 Å². The number of piperidine rings is 1. The molecule has 1 N–H and O–H groups in total. The molecule has 2 fully saturated rings. The number of amides is 1. The van der Waals surface area contributed by atoms with Gasteiger partial charge in [-0.2, -0.15) is 0 Å². The van der Waals surface area contributed by atoms with Crippen molar-refractivity contribution < 1.29 is 9.53 Å². The van der Waals surface area contributed by atoms with E-state index in [1.807, 2.05) is 42.0 Å². The summed E-state index contributed by atoms with van der Waals surface area (Å²) >= 11 is 0. The topological polar surface area (TPSA) is 59.4 Å². The van der Waals surface area contributed by atoms with Crippen molar-refractivity contribution in [1.82, 2.24) is 14.5 Å². The molecule has 6 nitrogen and oxygen atoms in total. The number of hydrogen-bond acceptors (Lipinski definition) is 4. The van der Waals surface area contributed by atoms with Gasteiger partial charge in [0.2, 0.25) is 5.91 Å². The molecule has 2 aliphatic rings. The highest BCUT2D eigenvalue weighted by Gasteiger charge is 2.30. The minimum Gasteiger partial charge on any atom is -0.381 e. The third-order valence-corrected chi connectivity index (χ3v) is 5.77.